The number of hydrogen-bond acceptors (Lipinski definition) is 4. The second kappa shape index (κ2) is 7.13. The van der Waals surface area contributed by atoms with Gasteiger partial charge in [0, 0.05) is 12.6 Å². The Morgan fingerprint density at radius 3 is 2.74 bits per heavy atom. The zero-order valence-corrected chi connectivity index (χ0v) is 13.6. The van der Waals surface area contributed by atoms with Crippen LogP contribution >= 0.6 is 0 Å². The van der Waals surface area contributed by atoms with Gasteiger partial charge in [-0.05, 0) is 31.5 Å². The van der Waals surface area contributed by atoms with Crippen LogP contribution in [0.2, 0.25) is 0 Å². The Kier molecular flexibility index (Phi) is 4.96. The lowest BCUT2D eigenvalue weighted by Crippen LogP contribution is -2.46. The van der Waals surface area contributed by atoms with Crippen molar-refractivity contribution >= 4 is 11.9 Å². The van der Waals surface area contributed by atoms with Crippen molar-refractivity contribution in [2.24, 2.45) is 0 Å². The third-order valence-corrected chi connectivity index (χ3v) is 4.79. The summed E-state index contributed by atoms with van der Waals surface area (Å²) in [6.45, 7) is 0.847. The molecule has 1 aromatic rings. The maximum atomic E-state index is 12.9. The summed E-state index contributed by atoms with van der Waals surface area (Å²) in [5.41, 5.74) is 1.22. The normalized spacial score (nSPS) is 23.3. The van der Waals surface area contributed by atoms with E-state index in [-0.39, 0.29) is 17.9 Å². The Balaban J connectivity index is 1.86. The fourth-order valence-corrected chi connectivity index (χ4v) is 3.52. The van der Waals surface area contributed by atoms with Gasteiger partial charge < -0.3 is 10.1 Å². The van der Waals surface area contributed by atoms with Crippen LogP contribution < -0.4 is 5.32 Å². The molecule has 0 bridgehead atoms. The number of esters is 1. The Hall–Kier alpha value is -1.88. The summed E-state index contributed by atoms with van der Waals surface area (Å²) >= 11 is 0. The minimum atomic E-state index is -0.444. The lowest BCUT2D eigenvalue weighted by Gasteiger charge is -2.32. The maximum absolute atomic E-state index is 12.9. The SMILES string of the molecule is CN1CCOC(=O)c2ccccc2C1C(=O)NC1CCCCC1. The molecule has 1 aromatic carbocycles. The van der Waals surface area contributed by atoms with Gasteiger partial charge in [-0.3, -0.25) is 9.69 Å². The minimum absolute atomic E-state index is 0.0125. The van der Waals surface area contributed by atoms with Crippen LogP contribution in [-0.4, -0.2) is 43.0 Å². The molecular formula is C18H24N2O3. The average molecular weight is 316 g/mol. The molecule has 5 nitrogen and oxygen atoms in total. The summed E-state index contributed by atoms with van der Waals surface area (Å²) in [6, 6.07) is 7.07. The number of benzene rings is 1. The maximum Gasteiger partial charge on any atom is 0.338 e. The number of cyclic esters (lactones) is 1. The number of amides is 1. The molecule has 1 amide bonds. The number of fused-ring (bicyclic) bond motifs is 1. The van der Waals surface area contributed by atoms with E-state index >= 15 is 0 Å². The fourth-order valence-electron chi connectivity index (χ4n) is 3.52. The van der Waals surface area contributed by atoms with Crippen LogP contribution in [0.25, 0.3) is 0 Å². The average Bonchev–Trinajstić information content (AvgIpc) is 2.55. The predicted molar refractivity (Wildman–Crippen MR) is 87.1 cm³/mol. The zero-order chi connectivity index (χ0) is 16.2. The van der Waals surface area contributed by atoms with Crippen LogP contribution in [0.3, 0.4) is 0 Å². The third kappa shape index (κ3) is 3.55. The Bertz CT molecular complexity index is 581. The van der Waals surface area contributed by atoms with Crippen LogP contribution in [0.4, 0.5) is 0 Å². The second-order valence-corrected chi connectivity index (χ2v) is 6.45. The molecule has 1 fully saturated rings. The van der Waals surface area contributed by atoms with Crippen LogP contribution in [0.1, 0.15) is 54.1 Å². The summed E-state index contributed by atoms with van der Waals surface area (Å²) in [5.74, 6) is -0.356. The predicted octanol–water partition coefficient (Wildman–Crippen LogP) is 2.28. The molecule has 5 heteroatoms. The van der Waals surface area contributed by atoms with Gasteiger partial charge in [-0.25, -0.2) is 4.79 Å². The largest absolute Gasteiger partial charge is 0.461 e. The smallest absolute Gasteiger partial charge is 0.338 e. The van der Waals surface area contributed by atoms with Crippen molar-refractivity contribution in [1.82, 2.24) is 10.2 Å². The van der Waals surface area contributed by atoms with E-state index in [1.54, 1.807) is 12.1 Å². The fraction of sp³-hybridized carbons (Fsp3) is 0.556. The number of nitrogens with one attached hydrogen (secondary N) is 1. The van der Waals surface area contributed by atoms with Gasteiger partial charge in [-0.2, -0.15) is 0 Å². The first kappa shape index (κ1) is 16.0. The van der Waals surface area contributed by atoms with Gasteiger partial charge in [0.15, 0.2) is 0 Å². The van der Waals surface area contributed by atoms with E-state index < -0.39 is 6.04 Å². The molecule has 1 heterocycles. The molecule has 1 aliphatic heterocycles. The van der Waals surface area contributed by atoms with Gasteiger partial charge in [0.1, 0.15) is 12.6 Å². The van der Waals surface area contributed by atoms with E-state index in [0.29, 0.717) is 18.7 Å². The molecular weight excluding hydrogens is 292 g/mol. The standard InChI is InChI=1S/C18H24N2O3/c1-20-11-12-23-18(22)15-10-6-5-9-14(15)16(20)17(21)19-13-7-3-2-4-8-13/h5-6,9-10,13,16H,2-4,7-8,11-12H2,1H3,(H,19,21). The molecule has 0 saturated heterocycles. The van der Waals surface area contributed by atoms with Crippen LogP contribution in [0, 0.1) is 0 Å². The Labute approximate surface area is 137 Å². The van der Waals surface area contributed by atoms with Crippen LogP contribution in [0.5, 0.6) is 0 Å². The van der Waals surface area contributed by atoms with Crippen LogP contribution in [0.15, 0.2) is 24.3 Å². The molecule has 3 rings (SSSR count). The number of nitrogens with zero attached hydrogens (tertiary/aromatic N) is 1. The first-order valence-corrected chi connectivity index (χ1v) is 8.43. The highest BCUT2D eigenvalue weighted by molar-refractivity contribution is 5.94. The Morgan fingerprint density at radius 1 is 1.22 bits per heavy atom. The number of rotatable bonds is 2. The lowest BCUT2D eigenvalue weighted by molar-refractivity contribution is -0.127. The van der Waals surface area contributed by atoms with Crippen LogP contribution in [-0.2, 0) is 9.53 Å². The molecule has 1 unspecified atom stereocenters. The number of ether oxygens (including phenoxy) is 1. The van der Waals surface area contributed by atoms with Gasteiger partial charge >= 0.3 is 5.97 Å². The Morgan fingerprint density at radius 2 is 1.96 bits per heavy atom. The number of likely N-dealkylation sites (N-methyl/N-ethyl adjacent to an activating group) is 1. The van der Waals surface area contributed by atoms with E-state index in [1.807, 2.05) is 24.1 Å². The van der Waals surface area contributed by atoms with Gasteiger partial charge in [0.2, 0.25) is 5.91 Å². The van der Waals surface area contributed by atoms with E-state index in [2.05, 4.69) is 5.32 Å². The summed E-state index contributed by atoms with van der Waals surface area (Å²) in [5, 5.41) is 3.19. The summed E-state index contributed by atoms with van der Waals surface area (Å²) in [4.78, 5) is 27.0. The van der Waals surface area contributed by atoms with Gasteiger partial charge in [0.05, 0.1) is 5.56 Å². The van der Waals surface area contributed by atoms with Crippen molar-refractivity contribution in [2.45, 2.75) is 44.2 Å². The first-order chi connectivity index (χ1) is 11.2. The second-order valence-electron chi connectivity index (χ2n) is 6.45. The highest BCUT2D eigenvalue weighted by Gasteiger charge is 2.32. The number of carbonyl (C=O) groups is 2. The van der Waals surface area contributed by atoms with Crippen molar-refractivity contribution < 1.29 is 14.3 Å². The van der Waals surface area contributed by atoms with E-state index in [9.17, 15) is 9.59 Å². The molecule has 1 saturated carbocycles. The molecule has 1 N–H and O–H groups in total. The van der Waals surface area contributed by atoms with Gasteiger partial charge in [0.25, 0.3) is 0 Å². The minimum Gasteiger partial charge on any atom is -0.461 e. The molecule has 0 aromatic heterocycles. The van der Waals surface area contributed by atoms with Gasteiger partial charge in [-0.15, -0.1) is 0 Å². The molecule has 1 atom stereocenters. The highest BCUT2D eigenvalue weighted by Crippen LogP contribution is 2.27. The topological polar surface area (TPSA) is 58.6 Å². The van der Waals surface area contributed by atoms with Crippen molar-refractivity contribution in [3.05, 3.63) is 35.4 Å². The molecule has 124 valence electrons. The lowest BCUT2D eigenvalue weighted by atomic mass is 9.93. The van der Waals surface area contributed by atoms with Gasteiger partial charge in [-0.1, -0.05) is 37.5 Å². The van der Waals surface area contributed by atoms with Crippen molar-refractivity contribution in [2.75, 3.05) is 20.2 Å². The molecule has 0 radical (unpaired) electrons. The molecule has 23 heavy (non-hydrogen) atoms. The molecule has 2 aliphatic rings. The van der Waals surface area contributed by atoms with Crippen molar-refractivity contribution in [3.63, 3.8) is 0 Å². The highest BCUT2D eigenvalue weighted by atomic mass is 16.5. The quantitative estimate of drug-likeness (QED) is 0.851. The summed E-state index contributed by atoms with van der Waals surface area (Å²) in [6.07, 6.45) is 5.70. The monoisotopic (exact) mass is 316 g/mol. The van der Waals surface area contributed by atoms with E-state index in [4.69, 9.17) is 4.74 Å². The van der Waals surface area contributed by atoms with E-state index in [0.717, 1.165) is 18.4 Å². The third-order valence-electron chi connectivity index (χ3n) is 4.79. The molecule has 0 spiro atoms. The van der Waals surface area contributed by atoms with Crippen molar-refractivity contribution in [1.29, 1.82) is 0 Å². The number of carbonyl (C=O) groups excluding carboxylic acids is 2. The zero-order valence-electron chi connectivity index (χ0n) is 13.6. The van der Waals surface area contributed by atoms with Crippen molar-refractivity contribution in [3.8, 4) is 0 Å². The number of hydrogen-bond donors (Lipinski definition) is 1. The molecule has 1 aliphatic carbocycles. The summed E-state index contributed by atoms with van der Waals surface area (Å²) < 4.78 is 5.25. The summed E-state index contributed by atoms with van der Waals surface area (Å²) in [7, 11) is 1.90. The first-order valence-electron chi connectivity index (χ1n) is 8.43. The van der Waals surface area contributed by atoms with E-state index in [1.165, 1.54) is 19.3 Å².